The molecule has 0 atom stereocenters. The second-order valence-corrected chi connectivity index (χ2v) is 14.1. The number of rotatable bonds is 10. The van der Waals surface area contributed by atoms with Crippen molar-refractivity contribution in [2.45, 2.75) is 80.1 Å². The van der Waals surface area contributed by atoms with Crippen LogP contribution in [0.5, 0.6) is 0 Å². The smallest absolute Gasteiger partial charge is 0.253 e. The fourth-order valence-electron chi connectivity index (χ4n) is 6.58. The standard InChI is InChI=1S/C33H49N7O/c1-26(2)20-39-19-15-36-30(39)23-38(22-29-34-13-14-35-29)21-27-6-8-28(9-7-27)31(41)40-18-12-33(25-40)10-16-37(17-11-33)24-32(3,4)5/h6-9,13-15,19,26H,10-12,16-18,20-25H2,1-5H3,(H,34,35). The summed E-state index contributed by atoms with van der Waals surface area (Å²) in [5, 5.41) is 0. The number of carbonyl (C=O) groups is 1. The number of aromatic nitrogens is 4. The summed E-state index contributed by atoms with van der Waals surface area (Å²) < 4.78 is 2.25. The molecular weight excluding hydrogens is 510 g/mol. The Kier molecular flexibility index (Phi) is 9.00. The van der Waals surface area contributed by atoms with Crippen molar-refractivity contribution in [1.29, 1.82) is 0 Å². The Bertz CT molecular complexity index is 1250. The van der Waals surface area contributed by atoms with Crippen molar-refractivity contribution in [3.63, 3.8) is 0 Å². The van der Waals surface area contributed by atoms with Crippen LogP contribution >= 0.6 is 0 Å². The van der Waals surface area contributed by atoms with Crippen LogP contribution in [0.25, 0.3) is 0 Å². The Morgan fingerprint density at radius 3 is 2.39 bits per heavy atom. The molecule has 8 nitrogen and oxygen atoms in total. The summed E-state index contributed by atoms with van der Waals surface area (Å²) in [6, 6.07) is 8.25. The molecule has 1 aromatic carbocycles. The Hall–Kier alpha value is -2.97. The minimum atomic E-state index is 0.175. The van der Waals surface area contributed by atoms with Gasteiger partial charge in [-0.15, -0.1) is 0 Å². The van der Waals surface area contributed by atoms with Crippen molar-refractivity contribution in [2.24, 2.45) is 16.7 Å². The lowest BCUT2D eigenvalue weighted by Crippen LogP contribution is -2.44. The zero-order chi connectivity index (χ0) is 29.0. The maximum absolute atomic E-state index is 13.5. The summed E-state index contributed by atoms with van der Waals surface area (Å²) in [5.74, 6) is 2.72. The van der Waals surface area contributed by atoms with Crippen LogP contribution in [0.4, 0.5) is 0 Å². The molecule has 222 valence electrons. The highest BCUT2D eigenvalue weighted by Crippen LogP contribution is 2.41. The molecule has 1 amide bonds. The number of hydrogen-bond acceptors (Lipinski definition) is 5. The third-order valence-electron chi connectivity index (χ3n) is 8.60. The Morgan fingerprint density at radius 1 is 1.00 bits per heavy atom. The van der Waals surface area contributed by atoms with Crippen LogP contribution in [0.1, 0.15) is 81.5 Å². The Morgan fingerprint density at radius 2 is 1.73 bits per heavy atom. The molecule has 2 aliphatic rings. The summed E-state index contributed by atoms with van der Waals surface area (Å²) in [6.45, 7) is 19.8. The number of H-pyrrole nitrogens is 1. The predicted octanol–water partition coefficient (Wildman–Crippen LogP) is 5.44. The molecule has 5 rings (SSSR count). The van der Waals surface area contributed by atoms with Crippen LogP contribution in [0.3, 0.4) is 0 Å². The Balaban J connectivity index is 1.20. The van der Waals surface area contributed by atoms with Gasteiger partial charge in [-0.25, -0.2) is 9.97 Å². The average Bonchev–Trinajstić information content (AvgIpc) is 3.68. The normalized spacial score (nSPS) is 17.8. The first-order chi connectivity index (χ1) is 19.6. The number of carbonyl (C=O) groups excluding carboxylic acids is 1. The van der Waals surface area contributed by atoms with Gasteiger partial charge in [0.05, 0.1) is 13.1 Å². The number of piperidine rings is 1. The predicted molar refractivity (Wildman–Crippen MR) is 163 cm³/mol. The molecule has 3 aromatic rings. The topological polar surface area (TPSA) is 73.3 Å². The van der Waals surface area contributed by atoms with Crippen LogP contribution in [0, 0.1) is 16.7 Å². The van der Waals surface area contributed by atoms with Crippen LogP contribution in [-0.4, -0.2) is 72.8 Å². The van der Waals surface area contributed by atoms with Gasteiger partial charge in [0.15, 0.2) is 0 Å². The minimum absolute atomic E-state index is 0.175. The van der Waals surface area contributed by atoms with Gasteiger partial charge in [-0.2, -0.15) is 0 Å². The maximum Gasteiger partial charge on any atom is 0.253 e. The third kappa shape index (κ3) is 7.86. The molecule has 8 heteroatoms. The highest BCUT2D eigenvalue weighted by atomic mass is 16.2. The molecule has 2 fully saturated rings. The molecule has 41 heavy (non-hydrogen) atoms. The number of nitrogens with one attached hydrogen (secondary N) is 1. The largest absolute Gasteiger partial charge is 0.348 e. The zero-order valence-electron chi connectivity index (χ0n) is 25.8. The molecule has 4 heterocycles. The molecule has 1 N–H and O–H groups in total. The first kappa shape index (κ1) is 29.5. The summed E-state index contributed by atoms with van der Waals surface area (Å²) >= 11 is 0. The van der Waals surface area contributed by atoms with Gasteiger partial charge in [0.2, 0.25) is 0 Å². The van der Waals surface area contributed by atoms with Crippen molar-refractivity contribution in [1.82, 2.24) is 34.2 Å². The molecular formula is C33H49N7O. The average molecular weight is 560 g/mol. The highest BCUT2D eigenvalue weighted by Gasteiger charge is 2.42. The van der Waals surface area contributed by atoms with Crippen molar-refractivity contribution in [3.8, 4) is 0 Å². The van der Waals surface area contributed by atoms with Crippen molar-refractivity contribution >= 4 is 5.91 Å². The van der Waals surface area contributed by atoms with Crippen LogP contribution in [0.15, 0.2) is 49.1 Å². The van der Waals surface area contributed by atoms with E-state index in [1.807, 2.05) is 24.5 Å². The maximum atomic E-state index is 13.5. The van der Waals surface area contributed by atoms with Gasteiger partial charge < -0.3 is 19.4 Å². The summed E-state index contributed by atoms with van der Waals surface area (Å²) in [6.07, 6.45) is 11.2. The van der Waals surface area contributed by atoms with E-state index in [1.165, 1.54) is 18.4 Å². The highest BCUT2D eigenvalue weighted by molar-refractivity contribution is 5.94. The number of imidazole rings is 2. The monoisotopic (exact) mass is 559 g/mol. The van der Waals surface area contributed by atoms with Crippen molar-refractivity contribution in [2.75, 3.05) is 32.7 Å². The lowest BCUT2D eigenvalue weighted by Gasteiger charge is -2.41. The number of hydrogen-bond donors (Lipinski definition) is 1. The second kappa shape index (κ2) is 12.5. The Labute approximate surface area is 246 Å². The van der Waals surface area contributed by atoms with E-state index in [0.29, 0.717) is 23.3 Å². The first-order valence-corrected chi connectivity index (χ1v) is 15.4. The van der Waals surface area contributed by atoms with Gasteiger partial charge >= 0.3 is 0 Å². The van der Waals surface area contributed by atoms with Gasteiger partial charge in [0.25, 0.3) is 5.91 Å². The molecule has 2 aromatic heterocycles. The molecule has 0 bridgehead atoms. The molecule has 0 radical (unpaired) electrons. The van der Waals surface area contributed by atoms with E-state index < -0.39 is 0 Å². The van der Waals surface area contributed by atoms with E-state index >= 15 is 0 Å². The number of nitrogens with zero attached hydrogens (tertiary/aromatic N) is 6. The third-order valence-corrected chi connectivity index (χ3v) is 8.60. The SMILES string of the molecule is CC(C)Cn1ccnc1CN(Cc1ccc(C(=O)N2CCC3(CCN(CC(C)(C)C)CC3)C2)cc1)Cc1ncc[nH]1. The molecule has 2 saturated heterocycles. The van der Waals surface area contributed by atoms with Crippen LogP contribution in [0.2, 0.25) is 0 Å². The first-order valence-electron chi connectivity index (χ1n) is 15.4. The van der Waals surface area contributed by atoms with E-state index in [1.54, 1.807) is 6.20 Å². The van der Waals surface area contributed by atoms with Crippen LogP contribution in [-0.2, 0) is 26.2 Å². The molecule has 0 saturated carbocycles. The summed E-state index contributed by atoms with van der Waals surface area (Å²) in [7, 11) is 0. The van der Waals surface area contributed by atoms with Crippen molar-refractivity contribution in [3.05, 3.63) is 71.8 Å². The van der Waals surface area contributed by atoms with Crippen molar-refractivity contribution < 1.29 is 4.79 Å². The van der Waals surface area contributed by atoms with E-state index in [2.05, 4.69) is 87.2 Å². The fourth-order valence-corrected chi connectivity index (χ4v) is 6.58. The molecule has 1 spiro atoms. The number of likely N-dealkylation sites (tertiary alicyclic amines) is 2. The molecule has 2 aliphatic heterocycles. The van der Waals surface area contributed by atoms with E-state index in [-0.39, 0.29) is 5.91 Å². The quantitative estimate of drug-likeness (QED) is 0.358. The van der Waals surface area contributed by atoms with E-state index in [0.717, 1.165) is 76.0 Å². The zero-order valence-corrected chi connectivity index (χ0v) is 25.8. The van der Waals surface area contributed by atoms with E-state index in [4.69, 9.17) is 0 Å². The summed E-state index contributed by atoms with van der Waals surface area (Å²) in [4.78, 5) is 32.9. The lowest BCUT2D eigenvalue weighted by atomic mass is 9.77. The lowest BCUT2D eigenvalue weighted by molar-refractivity contribution is 0.0674. The van der Waals surface area contributed by atoms with Gasteiger partial charge in [-0.3, -0.25) is 9.69 Å². The number of amides is 1. The number of benzene rings is 1. The van der Waals surface area contributed by atoms with Crippen LogP contribution < -0.4 is 0 Å². The molecule has 0 aliphatic carbocycles. The van der Waals surface area contributed by atoms with Gasteiger partial charge in [0, 0.05) is 63.1 Å². The van der Waals surface area contributed by atoms with Gasteiger partial charge in [0.1, 0.15) is 11.6 Å². The number of aromatic amines is 1. The molecule has 0 unspecified atom stereocenters. The van der Waals surface area contributed by atoms with E-state index in [9.17, 15) is 4.79 Å². The second-order valence-electron chi connectivity index (χ2n) is 14.1. The fraction of sp³-hybridized carbons (Fsp3) is 0.606. The van der Waals surface area contributed by atoms with Gasteiger partial charge in [-0.05, 0) is 66.8 Å². The summed E-state index contributed by atoms with van der Waals surface area (Å²) in [5.41, 5.74) is 2.61. The van der Waals surface area contributed by atoms with Gasteiger partial charge in [-0.1, -0.05) is 46.8 Å². The minimum Gasteiger partial charge on any atom is -0.348 e.